The Labute approximate surface area is 103 Å². The molecule has 0 aromatic carbocycles. The Bertz CT molecular complexity index is 508. The van der Waals surface area contributed by atoms with E-state index < -0.39 is 0 Å². The second-order valence-electron chi connectivity index (χ2n) is 3.49. The lowest BCUT2D eigenvalue weighted by molar-refractivity contribution is 0.379. The molecule has 2 aromatic rings. The van der Waals surface area contributed by atoms with Crippen molar-refractivity contribution in [3.05, 3.63) is 29.2 Å². The largest absolute Gasteiger partial charge is 0.466 e. The van der Waals surface area contributed by atoms with E-state index in [0.717, 1.165) is 0 Å². The molecule has 0 aliphatic heterocycles. The molecule has 2 heterocycles. The number of ether oxygens (including phenoxy) is 1. The maximum atomic E-state index is 5.82. The predicted molar refractivity (Wildman–Crippen MR) is 63.3 cm³/mol. The highest BCUT2D eigenvalue weighted by Gasteiger charge is 2.15. The second-order valence-corrected chi connectivity index (χ2v) is 3.93. The van der Waals surface area contributed by atoms with E-state index in [1.807, 2.05) is 6.92 Å². The number of hydrogen-bond donors (Lipinski definition) is 1. The van der Waals surface area contributed by atoms with E-state index in [2.05, 4.69) is 15.1 Å². The normalized spacial score (nSPS) is 12.5. The minimum Gasteiger partial charge on any atom is -0.466 e. The minimum absolute atomic E-state index is 0.258. The van der Waals surface area contributed by atoms with Crippen molar-refractivity contribution in [2.45, 2.75) is 13.0 Å². The van der Waals surface area contributed by atoms with Gasteiger partial charge in [-0.3, -0.25) is 0 Å². The lowest BCUT2D eigenvalue weighted by Gasteiger charge is -2.06. The van der Waals surface area contributed by atoms with Gasteiger partial charge in [0.2, 0.25) is 0 Å². The summed E-state index contributed by atoms with van der Waals surface area (Å²) in [7, 11) is 1.50. The Balaban J connectivity index is 2.49. The quantitative estimate of drug-likeness (QED) is 0.893. The van der Waals surface area contributed by atoms with E-state index in [1.165, 1.54) is 13.3 Å². The highest BCUT2D eigenvalue weighted by atomic mass is 35.5. The van der Waals surface area contributed by atoms with Crippen LogP contribution in [0, 0.1) is 0 Å². The first-order chi connectivity index (χ1) is 8.11. The van der Waals surface area contributed by atoms with Crippen LogP contribution in [-0.4, -0.2) is 26.9 Å². The molecule has 2 rings (SSSR count). The number of nitrogens with zero attached hydrogens (tertiary/aromatic N) is 4. The van der Waals surface area contributed by atoms with Gasteiger partial charge in [0.1, 0.15) is 0 Å². The summed E-state index contributed by atoms with van der Waals surface area (Å²) in [6.45, 7) is 1.82. The van der Waals surface area contributed by atoms with Gasteiger partial charge >= 0.3 is 6.01 Å². The van der Waals surface area contributed by atoms with Crippen molar-refractivity contribution in [3.8, 4) is 11.8 Å². The average molecular weight is 254 g/mol. The van der Waals surface area contributed by atoms with Crippen LogP contribution in [0.4, 0.5) is 0 Å². The number of pyridine rings is 1. The Kier molecular flexibility index (Phi) is 3.26. The molecule has 2 aromatic heterocycles. The Morgan fingerprint density at radius 1 is 1.47 bits per heavy atom. The van der Waals surface area contributed by atoms with Crippen molar-refractivity contribution in [3.63, 3.8) is 0 Å². The lowest BCUT2D eigenvalue weighted by atomic mass is 10.3. The van der Waals surface area contributed by atoms with Gasteiger partial charge in [-0.05, 0) is 19.1 Å². The summed E-state index contributed by atoms with van der Waals surface area (Å²) >= 11 is 5.78. The zero-order chi connectivity index (χ0) is 12.4. The number of methoxy groups -OCH3 is 1. The van der Waals surface area contributed by atoms with Crippen molar-refractivity contribution in [2.75, 3.05) is 7.11 Å². The molecule has 0 bridgehead atoms. The molecule has 0 unspecified atom stereocenters. The van der Waals surface area contributed by atoms with Crippen molar-refractivity contribution in [1.29, 1.82) is 0 Å². The van der Waals surface area contributed by atoms with Crippen molar-refractivity contribution >= 4 is 11.6 Å². The van der Waals surface area contributed by atoms with Gasteiger partial charge in [0, 0.05) is 6.20 Å². The molecule has 2 N–H and O–H groups in total. The number of nitrogens with two attached hydrogens (primary N) is 1. The first-order valence-corrected chi connectivity index (χ1v) is 5.38. The van der Waals surface area contributed by atoms with E-state index in [0.29, 0.717) is 16.7 Å². The first-order valence-electron chi connectivity index (χ1n) is 5.00. The third-order valence-electron chi connectivity index (χ3n) is 2.13. The lowest BCUT2D eigenvalue weighted by Crippen LogP contribution is -2.14. The van der Waals surface area contributed by atoms with Crippen LogP contribution in [0.2, 0.25) is 5.02 Å². The highest BCUT2D eigenvalue weighted by Crippen LogP contribution is 2.17. The Morgan fingerprint density at radius 3 is 2.76 bits per heavy atom. The molecule has 6 nitrogen and oxygen atoms in total. The van der Waals surface area contributed by atoms with Crippen molar-refractivity contribution in [2.24, 2.45) is 5.73 Å². The average Bonchev–Trinajstić information content (AvgIpc) is 2.74. The molecule has 0 aliphatic rings. The van der Waals surface area contributed by atoms with Crippen LogP contribution in [0.25, 0.3) is 5.82 Å². The summed E-state index contributed by atoms with van der Waals surface area (Å²) in [6, 6.07) is 3.45. The summed E-state index contributed by atoms with van der Waals surface area (Å²) in [5.41, 5.74) is 5.82. The van der Waals surface area contributed by atoms with Gasteiger partial charge in [-0.2, -0.15) is 9.67 Å². The van der Waals surface area contributed by atoms with Crippen LogP contribution in [0.5, 0.6) is 6.01 Å². The molecular weight excluding hydrogens is 242 g/mol. The molecule has 0 amide bonds. The van der Waals surface area contributed by atoms with Gasteiger partial charge in [-0.15, -0.1) is 5.10 Å². The molecule has 0 aliphatic carbocycles. The Morgan fingerprint density at radius 2 is 2.24 bits per heavy atom. The standard InChI is InChI=1S/C10H12ClN5O/c1-6(12)9-14-10(17-2)15-16(9)8-4-3-7(11)5-13-8/h3-6H,12H2,1-2H3/t6-/m0/s1. The fourth-order valence-corrected chi connectivity index (χ4v) is 1.46. The molecule has 0 spiro atoms. The first kappa shape index (κ1) is 11.8. The SMILES string of the molecule is COc1nc([C@H](C)N)n(-c2ccc(Cl)cn2)n1. The van der Waals surface area contributed by atoms with E-state index in [4.69, 9.17) is 22.1 Å². The van der Waals surface area contributed by atoms with Crippen LogP contribution >= 0.6 is 11.6 Å². The zero-order valence-electron chi connectivity index (χ0n) is 9.46. The van der Waals surface area contributed by atoms with E-state index >= 15 is 0 Å². The minimum atomic E-state index is -0.274. The maximum Gasteiger partial charge on any atom is 0.335 e. The third kappa shape index (κ3) is 2.37. The molecule has 1 atom stereocenters. The van der Waals surface area contributed by atoms with Gasteiger partial charge in [0.15, 0.2) is 11.6 Å². The van der Waals surface area contributed by atoms with Crippen molar-refractivity contribution in [1.82, 2.24) is 19.7 Å². The van der Waals surface area contributed by atoms with Gasteiger partial charge in [0.05, 0.1) is 18.2 Å². The molecule has 0 saturated heterocycles. The second kappa shape index (κ2) is 4.68. The van der Waals surface area contributed by atoms with Crippen LogP contribution < -0.4 is 10.5 Å². The molecule has 7 heteroatoms. The smallest absolute Gasteiger partial charge is 0.335 e. The summed E-state index contributed by atoms with van der Waals surface area (Å²) in [4.78, 5) is 8.32. The van der Waals surface area contributed by atoms with Gasteiger partial charge in [-0.1, -0.05) is 11.6 Å². The maximum absolute atomic E-state index is 5.82. The zero-order valence-corrected chi connectivity index (χ0v) is 10.2. The summed E-state index contributed by atoms with van der Waals surface area (Å²) in [5, 5.41) is 4.71. The predicted octanol–water partition coefficient (Wildman–Crippen LogP) is 1.34. The summed E-state index contributed by atoms with van der Waals surface area (Å²) in [6.07, 6.45) is 1.54. The summed E-state index contributed by atoms with van der Waals surface area (Å²) < 4.78 is 6.52. The number of aromatic nitrogens is 4. The summed E-state index contributed by atoms with van der Waals surface area (Å²) in [5.74, 6) is 1.18. The topological polar surface area (TPSA) is 78.9 Å². The molecule has 0 saturated carbocycles. The molecule has 0 radical (unpaired) electrons. The van der Waals surface area contributed by atoms with Crippen LogP contribution in [0.3, 0.4) is 0 Å². The van der Waals surface area contributed by atoms with Crippen LogP contribution in [-0.2, 0) is 0 Å². The van der Waals surface area contributed by atoms with Gasteiger partial charge in [-0.25, -0.2) is 4.98 Å². The third-order valence-corrected chi connectivity index (χ3v) is 2.35. The Hall–Kier alpha value is -1.66. The van der Waals surface area contributed by atoms with Gasteiger partial charge in [0.25, 0.3) is 0 Å². The molecule has 90 valence electrons. The number of halogens is 1. The molecule has 0 fully saturated rings. The number of rotatable bonds is 3. The molecular formula is C10H12ClN5O. The van der Waals surface area contributed by atoms with E-state index in [1.54, 1.807) is 16.8 Å². The van der Waals surface area contributed by atoms with Crippen LogP contribution in [0.15, 0.2) is 18.3 Å². The number of hydrogen-bond acceptors (Lipinski definition) is 5. The molecule has 17 heavy (non-hydrogen) atoms. The van der Waals surface area contributed by atoms with E-state index in [9.17, 15) is 0 Å². The van der Waals surface area contributed by atoms with Gasteiger partial charge < -0.3 is 10.5 Å². The highest BCUT2D eigenvalue weighted by molar-refractivity contribution is 6.30. The monoisotopic (exact) mass is 253 g/mol. The van der Waals surface area contributed by atoms with E-state index in [-0.39, 0.29) is 12.1 Å². The van der Waals surface area contributed by atoms with Crippen LogP contribution in [0.1, 0.15) is 18.8 Å². The van der Waals surface area contributed by atoms with Crippen molar-refractivity contribution < 1.29 is 4.74 Å². The fraction of sp³-hybridized carbons (Fsp3) is 0.300. The fourth-order valence-electron chi connectivity index (χ4n) is 1.35.